The molecule has 148 valence electrons. The molecule has 0 amide bonds. The third-order valence-corrected chi connectivity index (χ3v) is 8.67. The van der Waals surface area contributed by atoms with Crippen molar-refractivity contribution in [1.29, 1.82) is 0 Å². The highest BCUT2D eigenvalue weighted by atomic mass is 31.1. The van der Waals surface area contributed by atoms with Gasteiger partial charge in [0.05, 0.1) is 29.0 Å². The van der Waals surface area contributed by atoms with Crippen molar-refractivity contribution in [3.8, 4) is 11.5 Å². The van der Waals surface area contributed by atoms with E-state index < -0.39 is 16.3 Å². The Labute approximate surface area is 161 Å². The molecule has 0 spiro atoms. The highest BCUT2D eigenvalue weighted by Crippen LogP contribution is 2.50. The molecule has 0 aromatic heterocycles. The van der Waals surface area contributed by atoms with Gasteiger partial charge in [0.1, 0.15) is 11.5 Å². The molecule has 26 heavy (non-hydrogen) atoms. The summed E-state index contributed by atoms with van der Waals surface area (Å²) in [5.74, 6) is 0.981. The van der Waals surface area contributed by atoms with E-state index in [4.69, 9.17) is 13.8 Å². The van der Waals surface area contributed by atoms with Crippen LogP contribution in [0.5, 0.6) is 11.5 Å². The summed E-state index contributed by atoms with van der Waals surface area (Å²) >= 11 is 0. The van der Waals surface area contributed by atoms with Gasteiger partial charge < -0.3 is 13.8 Å². The van der Waals surface area contributed by atoms with Crippen molar-refractivity contribution in [3.63, 3.8) is 0 Å². The van der Waals surface area contributed by atoms with E-state index in [1.54, 1.807) is 12.1 Å². The molecule has 0 heterocycles. The van der Waals surface area contributed by atoms with Gasteiger partial charge in [0.15, 0.2) is 0 Å². The van der Waals surface area contributed by atoms with Crippen LogP contribution in [0.4, 0.5) is 0 Å². The normalized spacial score (nSPS) is 12.0. The lowest BCUT2D eigenvalue weighted by Gasteiger charge is -2.28. The fourth-order valence-corrected chi connectivity index (χ4v) is 6.70. The highest BCUT2D eigenvalue weighted by molar-refractivity contribution is 7.54. The molecule has 0 bridgehead atoms. The Balaban J connectivity index is 3.24. The molecule has 1 aromatic rings. The fourth-order valence-electron chi connectivity index (χ4n) is 2.77. The molecule has 4 nitrogen and oxygen atoms in total. The number of hydrogen-bond donors (Lipinski definition) is 0. The molecule has 0 saturated carbocycles. The van der Waals surface area contributed by atoms with Crippen molar-refractivity contribution in [3.05, 3.63) is 23.8 Å². The van der Waals surface area contributed by atoms with Gasteiger partial charge in [-0.3, -0.25) is 0 Å². The van der Waals surface area contributed by atoms with Gasteiger partial charge in [-0.05, 0) is 12.1 Å². The molecule has 0 radical (unpaired) electrons. The van der Waals surface area contributed by atoms with Crippen LogP contribution in [0.25, 0.3) is 0 Å². The maximum atomic E-state index is 12.1. The number of rotatable bonds is 9. The van der Waals surface area contributed by atoms with Gasteiger partial charge in [0.25, 0.3) is 0 Å². The van der Waals surface area contributed by atoms with Gasteiger partial charge >= 0.3 is 5.97 Å². The molecule has 6 heteroatoms. The van der Waals surface area contributed by atoms with Gasteiger partial charge in [-0.25, -0.2) is 4.79 Å². The minimum absolute atomic E-state index is 0.378. The second-order valence-corrected chi connectivity index (χ2v) is 13.4. The summed E-state index contributed by atoms with van der Waals surface area (Å²) < 4.78 is 17.5. The quantitative estimate of drug-likeness (QED) is 0.343. The Morgan fingerprint density at radius 3 is 1.35 bits per heavy atom. The second-order valence-electron chi connectivity index (χ2n) is 7.46. The summed E-state index contributed by atoms with van der Waals surface area (Å²) in [4.78, 5) is 12.1. The van der Waals surface area contributed by atoms with Crippen molar-refractivity contribution in [1.82, 2.24) is 0 Å². The van der Waals surface area contributed by atoms with E-state index in [1.807, 2.05) is 6.07 Å². The van der Waals surface area contributed by atoms with E-state index in [0.29, 0.717) is 39.7 Å². The second kappa shape index (κ2) is 10.5. The molecule has 0 saturated heterocycles. The molecule has 0 fully saturated rings. The van der Waals surface area contributed by atoms with Crippen molar-refractivity contribution in [2.75, 3.05) is 7.11 Å². The van der Waals surface area contributed by atoms with Crippen molar-refractivity contribution >= 4 is 22.3 Å². The van der Waals surface area contributed by atoms with E-state index in [2.05, 4.69) is 55.4 Å². The predicted molar refractivity (Wildman–Crippen MR) is 113 cm³/mol. The summed E-state index contributed by atoms with van der Waals surface area (Å²) in [6.45, 7) is 17.4. The fraction of sp³-hybridized carbons (Fsp3) is 0.650. The maximum Gasteiger partial charge on any atom is 0.338 e. The lowest BCUT2D eigenvalue weighted by molar-refractivity contribution is 0.0600. The first-order valence-corrected chi connectivity index (χ1v) is 12.0. The van der Waals surface area contributed by atoms with Gasteiger partial charge in [0.2, 0.25) is 0 Å². The third-order valence-electron chi connectivity index (χ3n) is 3.76. The van der Waals surface area contributed by atoms with Gasteiger partial charge in [-0.2, -0.15) is 0 Å². The molecule has 0 N–H and O–H groups in total. The predicted octanol–water partition coefficient (Wildman–Crippen LogP) is 6.66. The number of benzene rings is 1. The molecular weight excluding hydrogens is 366 g/mol. The molecular formula is C20H34O4P2. The zero-order valence-corrected chi connectivity index (χ0v) is 19.4. The van der Waals surface area contributed by atoms with Crippen LogP contribution in [0, 0.1) is 0 Å². The Morgan fingerprint density at radius 1 is 0.731 bits per heavy atom. The summed E-state index contributed by atoms with van der Waals surface area (Å²) in [6.07, 6.45) is 0. The molecule has 0 aliphatic heterocycles. The molecule has 0 aliphatic carbocycles. The van der Waals surface area contributed by atoms with Gasteiger partial charge in [-0.1, -0.05) is 55.4 Å². The molecule has 0 aliphatic rings. The smallest absolute Gasteiger partial charge is 0.338 e. The van der Waals surface area contributed by atoms with Crippen LogP contribution in [0.15, 0.2) is 18.2 Å². The number of carbonyl (C=O) groups excluding carboxylic acids is 1. The van der Waals surface area contributed by atoms with E-state index in [1.165, 1.54) is 7.11 Å². The third kappa shape index (κ3) is 6.71. The highest BCUT2D eigenvalue weighted by Gasteiger charge is 2.23. The van der Waals surface area contributed by atoms with E-state index in [0.717, 1.165) is 0 Å². The van der Waals surface area contributed by atoms with Gasteiger partial charge in [0, 0.05) is 28.7 Å². The Kier molecular flexibility index (Phi) is 9.34. The van der Waals surface area contributed by atoms with Crippen molar-refractivity contribution in [2.45, 2.75) is 78.0 Å². The lowest BCUT2D eigenvalue weighted by Crippen LogP contribution is -2.11. The zero-order valence-electron chi connectivity index (χ0n) is 17.6. The number of ether oxygens (including phenoxy) is 1. The maximum absolute atomic E-state index is 12.1. The number of hydrogen-bond acceptors (Lipinski definition) is 4. The number of methoxy groups -OCH3 is 1. The largest absolute Gasteiger partial charge is 0.473 e. The average molecular weight is 400 g/mol. The topological polar surface area (TPSA) is 44.8 Å². The first-order valence-electron chi connectivity index (χ1n) is 9.22. The van der Waals surface area contributed by atoms with Gasteiger partial charge in [-0.15, -0.1) is 0 Å². The SMILES string of the molecule is COC(=O)c1cc(OP(C(C)C)C(C)C)cc(OP(C(C)C)C(C)C)c1. The summed E-state index contributed by atoms with van der Waals surface area (Å²) in [5, 5.41) is 0. The summed E-state index contributed by atoms with van der Waals surface area (Å²) in [6, 6.07) is 5.42. The summed E-state index contributed by atoms with van der Waals surface area (Å²) in [5.41, 5.74) is 2.18. The minimum Gasteiger partial charge on any atom is -0.473 e. The molecule has 1 aromatic carbocycles. The van der Waals surface area contributed by atoms with Crippen LogP contribution >= 0.6 is 16.3 Å². The lowest BCUT2D eigenvalue weighted by atomic mass is 10.2. The summed E-state index contributed by atoms with van der Waals surface area (Å²) in [7, 11) is 0.0878. The van der Waals surface area contributed by atoms with E-state index >= 15 is 0 Å². The standard InChI is InChI=1S/C20H34O4P2/c1-13(2)25(14(3)4)23-18-10-17(20(21)22-9)11-19(12-18)24-26(15(5)6)16(7)8/h10-16H,1-9H3. The van der Waals surface area contributed by atoms with E-state index in [-0.39, 0.29) is 5.97 Å². The van der Waals surface area contributed by atoms with Crippen LogP contribution < -0.4 is 9.05 Å². The van der Waals surface area contributed by atoms with Crippen molar-refractivity contribution < 1.29 is 18.6 Å². The van der Waals surface area contributed by atoms with Crippen LogP contribution in [0.1, 0.15) is 65.7 Å². The molecule has 1 rings (SSSR count). The monoisotopic (exact) mass is 400 g/mol. The zero-order chi connectivity index (χ0) is 20.0. The molecule has 0 atom stereocenters. The van der Waals surface area contributed by atoms with Crippen LogP contribution in [0.2, 0.25) is 0 Å². The first-order chi connectivity index (χ1) is 12.1. The number of esters is 1. The van der Waals surface area contributed by atoms with E-state index in [9.17, 15) is 4.79 Å². The average Bonchev–Trinajstić information content (AvgIpc) is 2.55. The van der Waals surface area contributed by atoms with Crippen molar-refractivity contribution in [2.24, 2.45) is 0 Å². The number of carbonyl (C=O) groups is 1. The Morgan fingerprint density at radius 2 is 1.08 bits per heavy atom. The van der Waals surface area contributed by atoms with Crippen LogP contribution in [-0.4, -0.2) is 35.7 Å². The van der Waals surface area contributed by atoms with Crippen LogP contribution in [-0.2, 0) is 4.74 Å². The molecule has 0 unspecified atom stereocenters. The Bertz CT molecular complexity index is 529. The Hall–Kier alpha value is -0.850. The first kappa shape index (κ1) is 23.2. The minimum atomic E-state index is -0.651. The van der Waals surface area contributed by atoms with Crippen LogP contribution in [0.3, 0.4) is 0 Å².